The summed E-state index contributed by atoms with van der Waals surface area (Å²) in [5.74, 6) is 1.87. The van der Waals surface area contributed by atoms with Crippen LogP contribution in [0, 0.1) is 11.8 Å². The van der Waals surface area contributed by atoms with Crippen LogP contribution in [0.4, 0.5) is 0 Å². The first-order chi connectivity index (χ1) is 9.20. The lowest BCUT2D eigenvalue weighted by atomic mass is 9.74. The van der Waals surface area contributed by atoms with Crippen molar-refractivity contribution < 1.29 is 0 Å². The van der Waals surface area contributed by atoms with Gasteiger partial charge in [0.05, 0.1) is 0 Å². The quantitative estimate of drug-likeness (QED) is 0.780. The third-order valence-corrected chi connectivity index (χ3v) is 5.97. The van der Waals surface area contributed by atoms with E-state index < -0.39 is 0 Å². The summed E-state index contributed by atoms with van der Waals surface area (Å²) in [5.41, 5.74) is 0.526. The highest BCUT2D eigenvalue weighted by atomic mass is 15.3. The Morgan fingerprint density at radius 2 is 1.63 bits per heavy atom. The van der Waals surface area contributed by atoms with Crippen molar-refractivity contribution in [3.05, 3.63) is 0 Å². The molecule has 2 atom stereocenters. The molecule has 0 aromatic heterocycles. The van der Waals surface area contributed by atoms with Crippen LogP contribution in [0.5, 0.6) is 0 Å². The van der Waals surface area contributed by atoms with Gasteiger partial charge in [0.25, 0.3) is 0 Å². The number of nitrogens with one attached hydrogen (secondary N) is 1. The Hall–Kier alpha value is -0.0800. The van der Waals surface area contributed by atoms with Crippen LogP contribution in [0.1, 0.15) is 65.2 Å². The van der Waals surface area contributed by atoms with Crippen LogP contribution in [-0.4, -0.2) is 36.1 Å². The van der Waals surface area contributed by atoms with Gasteiger partial charge in [-0.3, -0.25) is 4.90 Å². The molecule has 0 amide bonds. The van der Waals surface area contributed by atoms with E-state index in [1.807, 2.05) is 0 Å². The van der Waals surface area contributed by atoms with E-state index in [2.05, 4.69) is 24.1 Å². The maximum Gasteiger partial charge on any atom is 0.0337 e. The van der Waals surface area contributed by atoms with E-state index in [-0.39, 0.29) is 0 Å². The van der Waals surface area contributed by atoms with E-state index in [1.54, 1.807) is 0 Å². The van der Waals surface area contributed by atoms with E-state index in [0.29, 0.717) is 5.54 Å². The maximum atomic E-state index is 3.70. The molecule has 2 saturated carbocycles. The fraction of sp³-hybridized carbons (Fsp3) is 1.00. The van der Waals surface area contributed by atoms with Gasteiger partial charge >= 0.3 is 0 Å². The Kier molecular flexibility index (Phi) is 4.19. The molecule has 0 aromatic rings. The fourth-order valence-corrected chi connectivity index (χ4v) is 5.26. The van der Waals surface area contributed by atoms with E-state index >= 15 is 0 Å². The number of hydrogen-bond donors (Lipinski definition) is 1. The Morgan fingerprint density at radius 3 is 2.32 bits per heavy atom. The minimum absolute atomic E-state index is 0.526. The van der Waals surface area contributed by atoms with Gasteiger partial charge in [-0.15, -0.1) is 0 Å². The molecule has 1 spiro atoms. The molecule has 0 bridgehead atoms. The molecule has 2 nitrogen and oxygen atoms in total. The third kappa shape index (κ3) is 2.85. The molecule has 2 heteroatoms. The predicted molar refractivity (Wildman–Crippen MR) is 81.4 cm³/mol. The van der Waals surface area contributed by atoms with Gasteiger partial charge in [0.15, 0.2) is 0 Å². The number of nitrogens with zero attached hydrogens (tertiary/aromatic N) is 1. The zero-order chi connectivity index (χ0) is 13.3. The van der Waals surface area contributed by atoms with Crippen LogP contribution in [0.3, 0.4) is 0 Å². The molecular formula is C17H32N2. The molecule has 3 aliphatic rings. The second kappa shape index (κ2) is 5.73. The lowest BCUT2D eigenvalue weighted by Gasteiger charge is -2.55. The van der Waals surface area contributed by atoms with Crippen LogP contribution in [0.2, 0.25) is 0 Å². The largest absolute Gasteiger partial charge is 0.314 e. The summed E-state index contributed by atoms with van der Waals surface area (Å²) in [7, 11) is 0. The van der Waals surface area contributed by atoms with Crippen molar-refractivity contribution in [1.29, 1.82) is 0 Å². The summed E-state index contributed by atoms with van der Waals surface area (Å²) in [6, 6.07) is 0.874. The lowest BCUT2D eigenvalue weighted by molar-refractivity contribution is -0.0314. The number of rotatable bonds is 1. The molecule has 0 radical (unpaired) electrons. The predicted octanol–water partition coefficient (Wildman–Crippen LogP) is 3.42. The fourth-order valence-electron chi connectivity index (χ4n) is 5.26. The van der Waals surface area contributed by atoms with E-state index in [4.69, 9.17) is 0 Å². The molecule has 1 aliphatic heterocycles. The normalized spacial score (nSPS) is 40.4. The van der Waals surface area contributed by atoms with Crippen molar-refractivity contribution in [3.8, 4) is 0 Å². The molecule has 19 heavy (non-hydrogen) atoms. The van der Waals surface area contributed by atoms with Gasteiger partial charge in [0.1, 0.15) is 0 Å². The summed E-state index contributed by atoms with van der Waals surface area (Å²) in [5, 5.41) is 3.70. The zero-order valence-electron chi connectivity index (χ0n) is 13.0. The molecule has 2 aliphatic carbocycles. The standard InChI is InChI=1S/C17H32N2/c1-14-10-15(2)12-16(11-14)19-9-8-18-13-17(19)6-4-3-5-7-17/h14-16,18H,3-13H2,1-2H3. The van der Waals surface area contributed by atoms with Crippen molar-refractivity contribution in [3.63, 3.8) is 0 Å². The smallest absolute Gasteiger partial charge is 0.0337 e. The Labute approximate surface area is 119 Å². The van der Waals surface area contributed by atoms with Crippen molar-refractivity contribution in [1.82, 2.24) is 10.2 Å². The number of hydrogen-bond acceptors (Lipinski definition) is 2. The Bertz CT molecular complexity index is 277. The lowest BCUT2D eigenvalue weighted by Crippen LogP contribution is -2.65. The van der Waals surface area contributed by atoms with Gasteiger partial charge in [-0.1, -0.05) is 33.1 Å². The highest BCUT2D eigenvalue weighted by Crippen LogP contribution is 2.40. The SMILES string of the molecule is CC1CC(C)CC(N2CCNCC23CCCCC3)C1. The highest BCUT2D eigenvalue weighted by molar-refractivity contribution is 5.01. The molecule has 1 N–H and O–H groups in total. The highest BCUT2D eigenvalue weighted by Gasteiger charge is 2.44. The average Bonchev–Trinajstić information content (AvgIpc) is 2.39. The van der Waals surface area contributed by atoms with Gasteiger partial charge in [-0.05, 0) is 43.9 Å². The van der Waals surface area contributed by atoms with Gasteiger partial charge < -0.3 is 5.32 Å². The summed E-state index contributed by atoms with van der Waals surface area (Å²) in [6.07, 6.45) is 11.6. The zero-order valence-corrected chi connectivity index (χ0v) is 13.0. The van der Waals surface area contributed by atoms with Crippen LogP contribution >= 0.6 is 0 Å². The molecule has 3 fully saturated rings. The summed E-state index contributed by atoms with van der Waals surface area (Å²) >= 11 is 0. The maximum absolute atomic E-state index is 3.70. The van der Waals surface area contributed by atoms with Gasteiger partial charge in [0, 0.05) is 31.2 Å². The minimum Gasteiger partial charge on any atom is -0.314 e. The molecule has 110 valence electrons. The van der Waals surface area contributed by atoms with E-state index in [1.165, 1.54) is 71.0 Å². The molecule has 0 aromatic carbocycles. The first-order valence-corrected chi connectivity index (χ1v) is 8.67. The van der Waals surface area contributed by atoms with Crippen LogP contribution < -0.4 is 5.32 Å². The number of piperazine rings is 1. The Balaban J connectivity index is 1.75. The molecule has 3 rings (SSSR count). The monoisotopic (exact) mass is 264 g/mol. The van der Waals surface area contributed by atoms with Crippen molar-refractivity contribution >= 4 is 0 Å². The van der Waals surface area contributed by atoms with E-state index in [9.17, 15) is 0 Å². The second-order valence-corrected chi connectivity index (χ2v) is 7.73. The van der Waals surface area contributed by atoms with Crippen molar-refractivity contribution in [2.45, 2.75) is 76.8 Å². The first-order valence-electron chi connectivity index (χ1n) is 8.67. The van der Waals surface area contributed by atoms with Crippen LogP contribution in [-0.2, 0) is 0 Å². The molecule has 1 heterocycles. The van der Waals surface area contributed by atoms with Crippen LogP contribution in [0.15, 0.2) is 0 Å². The average molecular weight is 264 g/mol. The topological polar surface area (TPSA) is 15.3 Å². The van der Waals surface area contributed by atoms with Gasteiger partial charge in [-0.25, -0.2) is 0 Å². The second-order valence-electron chi connectivity index (χ2n) is 7.73. The van der Waals surface area contributed by atoms with Crippen molar-refractivity contribution in [2.75, 3.05) is 19.6 Å². The molecule has 2 unspecified atom stereocenters. The van der Waals surface area contributed by atoms with E-state index in [0.717, 1.165) is 17.9 Å². The Morgan fingerprint density at radius 1 is 0.947 bits per heavy atom. The molecule has 1 saturated heterocycles. The van der Waals surface area contributed by atoms with Crippen molar-refractivity contribution in [2.24, 2.45) is 11.8 Å². The van der Waals surface area contributed by atoms with Crippen LogP contribution in [0.25, 0.3) is 0 Å². The van der Waals surface area contributed by atoms with Gasteiger partial charge in [-0.2, -0.15) is 0 Å². The third-order valence-electron chi connectivity index (χ3n) is 5.97. The molecular weight excluding hydrogens is 232 g/mol. The summed E-state index contributed by atoms with van der Waals surface area (Å²) < 4.78 is 0. The summed E-state index contributed by atoms with van der Waals surface area (Å²) in [6.45, 7) is 8.70. The van der Waals surface area contributed by atoms with Gasteiger partial charge in [0.2, 0.25) is 0 Å². The summed E-state index contributed by atoms with van der Waals surface area (Å²) in [4.78, 5) is 2.97. The minimum atomic E-state index is 0.526. The first kappa shape index (κ1) is 13.9.